The second kappa shape index (κ2) is 10.2. The van der Waals surface area contributed by atoms with Gasteiger partial charge in [0.2, 0.25) is 5.91 Å². The van der Waals surface area contributed by atoms with Crippen LogP contribution in [0.15, 0.2) is 51.7 Å². The summed E-state index contributed by atoms with van der Waals surface area (Å²) < 4.78 is 6.51. The Balaban J connectivity index is 1.56. The van der Waals surface area contributed by atoms with Gasteiger partial charge in [0.05, 0.1) is 22.5 Å². The molecule has 0 fully saturated rings. The molecule has 1 atom stereocenters. The second-order valence-electron chi connectivity index (χ2n) is 7.91. The molecule has 1 amide bonds. The zero-order valence-corrected chi connectivity index (χ0v) is 18.5. The summed E-state index contributed by atoms with van der Waals surface area (Å²) in [5, 5.41) is 13.9. The van der Waals surface area contributed by atoms with Crippen molar-refractivity contribution in [1.82, 2.24) is 14.8 Å². The van der Waals surface area contributed by atoms with Gasteiger partial charge in [0.15, 0.2) is 5.58 Å². The van der Waals surface area contributed by atoms with E-state index in [0.29, 0.717) is 18.5 Å². The highest BCUT2D eigenvalue weighted by Crippen LogP contribution is 2.21. The number of hydrogen-bond donors (Lipinski definition) is 1. The first-order valence-corrected chi connectivity index (χ1v) is 10.6. The van der Waals surface area contributed by atoms with Gasteiger partial charge in [0.1, 0.15) is 0 Å². The van der Waals surface area contributed by atoms with Gasteiger partial charge in [0.25, 0.3) is 5.69 Å². The summed E-state index contributed by atoms with van der Waals surface area (Å²) in [6, 6.07) is 12.5. The fourth-order valence-electron chi connectivity index (χ4n) is 3.65. The van der Waals surface area contributed by atoms with Crippen LogP contribution in [-0.2, 0) is 17.8 Å². The number of nitrogens with one attached hydrogen (secondary N) is 1. The van der Waals surface area contributed by atoms with Crippen LogP contribution in [0.5, 0.6) is 0 Å². The molecule has 0 aliphatic rings. The molecule has 0 aliphatic heterocycles. The smallest absolute Gasteiger partial charge is 0.407 e. The van der Waals surface area contributed by atoms with E-state index in [4.69, 9.17) is 4.42 Å². The number of aromatic nitrogens is 1. The summed E-state index contributed by atoms with van der Waals surface area (Å²) >= 11 is 0. The molecule has 170 valence electrons. The molecule has 0 saturated carbocycles. The van der Waals surface area contributed by atoms with Crippen LogP contribution in [-0.4, -0.2) is 40.9 Å². The number of nitrogens with zero attached hydrogens (tertiary/aromatic N) is 3. The third-order valence-electron chi connectivity index (χ3n) is 5.54. The fraction of sp³-hybridized carbons (Fsp3) is 0.391. The van der Waals surface area contributed by atoms with Crippen LogP contribution in [0, 0.1) is 10.1 Å². The molecule has 1 heterocycles. The minimum atomic E-state index is -0.593. The van der Waals surface area contributed by atoms with Crippen molar-refractivity contribution < 1.29 is 14.1 Å². The van der Waals surface area contributed by atoms with Gasteiger partial charge < -0.3 is 14.6 Å². The number of likely N-dealkylation sites (N-methyl/N-ethyl adjacent to an activating group) is 1. The summed E-state index contributed by atoms with van der Waals surface area (Å²) in [4.78, 5) is 36.9. The van der Waals surface area contributed by atoms with Crippen molar-refractivity contribution in [3.05, 3.63) is 74.3 Å². The number of fused-ring (bicyclic) bond motifs is 1. The Labute approximate surface area is 185 Å². The van der Waals surface area contributed by atoms with Crippen molar-refractivity contribution in [3.8, 4) is 0 Å². The van der Waals surface area contributed by atoms with Gasteiger partial charge in [-0.05, 0) is 44.1 Å². The number of aryl methyl sites for hydroxylation is 2. The van der Waals surface area contributed by atoms with Crippen LogP contribution >= 0.6 is 0 Å². The predicted octanol–water partition coefficient (Wildman–Crippen LogP) is 3.26. The lowest BCUT2D eigenvalue weighted by molar-refractivity contribution is -0.384. The molecule has 9 nitrogen and oxygen atoms in total. The Bertz CT molecular complexity index is 1150. The Morgan fingerprint density at radius 3 is 2.56 bits per heavy atom. The number of benzene rings is 2. The number of nitro benzene ring substituents is 1. The van der Waals surface area contributed by atoms with Gasteiger partial charge in [-0.3, -0.25) is 19.5 Å². The summed E-state index contributed by atoms with van der Waals surface area (Å²) in [5.41, 5.74) is 2.91. The molecule has 1 unspecified atom stereocenters. The SMILES string of the molecule is CCc1ccc(C(CNC(=O)CCCn2c(=O)oc3cc([N+](=O)[O-])ccc32)N(C)C)cc1. The van der Waals surface area contributed by atoms with Crippen molar-refractivity contribution in [1.29, 1.82) is 0 Å². The van der Waals surface area contributed by atoms with Gasteiger partial charge in [-0.2, -0.15) is 0 Å². The monoisotopic (exact) mass is 440 g/mol. The van der Waals surface area contributed by atoms with Crippen molar-refractivity contribution >= 4 is 22.7 Å². The molecule has 0 aliphatic carbocycles. The van der Waals surface area contributed by atoms with Crippen molar-refractivity contribution in [3.63, 3.8) is 0 Å². The maximum absolute atomic E-state index is 12.4. The van der Waals surface area contributed by atoms with E-state index in [9.17, 15) is 19.7 Å². The number of rotatable bonds is 10. The molecule has 3 rings (SSSR count). The number of carbonyl (C=O) groups is 1. The van der Waals surface area contributed by atoms with E-state index in [0.717, 1.165) is 12.0 Å². The van der Waals surface area contributed by atoms with Crippen molar-refractivity contribution in [2.75, 3.05) is 20.6 Å². The highest BCUT2D eigenvalue weighted by molar-refractivity contribution is 5.76. The number of amides is 1. The van der Waals surface area contributed by atoms with Crippen LogP contribution in [0.4, 0.5) is 5.69 Å². The summed E-state index contributed by atoms with van der Waals surface area (Å²) in [7, 11) is 3.96. The third-order valence-corrected chi connectivity index (χ3v) is 5.54. The van der Waals surface area contributed by atoms with Crippen molar-refractivity contribution in [2.45, 2.75) is 38.8 Å². The van der Waals surface area contributed by atoms with Crippen molar-refractivity contribution in [2.24, 2.45) is 0 Å². The molecule has 2 aromatic carbocycles. The van der Waals surface area contributed by atoms with Gasteiger partial charge in [-0.25, -0.2) is 4.79 Å². The third kappa shape index (κ3) is 5.42. The molecule has 0 radical (unpaired) electrons. The quantitative estimate of drug-likeness (QED) is 0.383. The Morgan fingerprint density at radius 2 is 1.94 bits per heavy atom. The standard InChI is InChI=1S/C23H28N4O5/c1-4-16-7-9-17(10-8-16)20(25(2)3)15-24-22(28)6-5-13-26-19-12-11-18(27(30)31)14-21(19)32-23(26)29/h7-12,14,20H,4-6,13,15H2,1-3H3,(H,24,28). The Hall–Kier alpha value is -3.46. The van der Waals surface area contributed by atoms with E-state index in [2.05, 4.69) is 41.4 Å². The number of carbonyl (C=O) groups excluding carboxylic acids is 1. The molecule has 9 heteroatoms. The Morgan fingerprint density at radius 1 is 1.22 bits per heavy atom. The Kier molecular flexibility index (Phi) is 7.42. The molecule has 3 aromatic rings. The summed E-state index contributed by atoms with van der Waals surface area (Å²) in [6.07, 6.45) is 1.67. The van der Waals surface area contributed by atoms with Gasteiger partial charge in [0, 0.05) is 25.6 Å². The van der Waals surface area contributed by atoms with Gasteiger partial charge in [-0.15, -0.1) is 0 Å². The second-order valence-corrected chi connectivity index (χ2v) is 7.91. The lowest BCUT2D eigenvalue weighted by Gasteiger charge is -2.25. The first kappa shape index (κ1) is 23.2. The number of nitro groups is 1. The van der Waals surface area contributed by atoms with Crippen LogP contribution in [0.1, 0.15) is 36.9 Å². The first-order chi connectivity index (χ1) is 15.3. The van der Waals surface area contributed by atoms with E-state index in [-0.39, 0.29) is 36.2 Å². The van der Waals surface area contributed by atoms with E-state index >= 15 is 0 Å². The summed E-state index contributed by atoms with van der Waals surface area (Å²) in [5.74, 6) is -0.692. The predicted molar refractivity (Wildman–Crippen MR) is 122 cm³/mol. The normalized spacial score (nSPS) is 12.2. The zero-order valence-electron chi connectivity index (χ0n) is 18.5. The summed E-state index contributed by atoms with van der Waals surface area (Å²) in [6.45, 7) is 2.88. The average molecular weight is 441 g/mol. The fourth-order valence-corrected chi connectivity index (χ4v) is 3.65. The molecule has 0 saturated heterocycles. The number of hydrogen-bond acceptors (Lipinski definition) is 6. The molecular weight excluding hydrogens is 412 g/mol. The van der Waals surface area contributed by atoms with Crippen LogP contribution in [0.2, 0.25) is 0 Å². The first-order valence-electron chi connectivity index (χ1n) is 10.6. The van der Waals surface area contributed by atoms with Gasteiger partial charge in [-0.1, -0.05) is 31.2 Å². The largest absolute Gasteiger partial charge is 0.419 e. The lowest BCUT2D eigenvalue weighted by Crippen LogP contribution is -2.34. The maximum Gasteiger partial charge on any atom is 0.419 e. The average Bonchev–Trinajstić information content (AvgIpc) is 3.08. The van der Waals surface area contributed by atoms with E-state index in [1.165, 1.54) is 28.3 Å². The van der Waals surface area contributed by atoms with E-state index in [1.54, 1.807) is 0 Å². The zero-order chi connectivity index (χ0) is 23.3. The minimum Gasteiger partial charge on any atom is -0.407 e. The molecular formula is C23H28N4O5. The topological polar surface area (TPSA) is 111 Å². The number of non-ortho nitro benzene ring substituents is 1. The van der Waals surface area contributed by atoms with Crippen LogP contribution in [0.25, 0.3) is 11.1 Å². The molecule has 1 aromatic heterocycles. The minimum absolute atomic E-state index is 0.0566. The molecule has 1 N–H and O–H groups in total. The van der Waals surface area contributed by atoms with Crippen LogP contribution < -0.4 is 11.1 Å². The highest BCUT2D eigenvalue weighted by atomic mass is 16.6. The maximum atomic E-state index is 12.4. The van der Waals surface area contributed by atoms with E-state index in [1.807, 2.05) is 14.1 Å². The molecule has 32 heavy (non-hydrogen) atoms. The lowest BCUT2D eigenvalue weighted by atomic mass is 10.0. The van der Waals surface area contributed by atoms with Crippen LogP contribution in [0.3, 0.4) is 0 Å². The van der Waals surface area contributed by atoms with Gasteiger partial charge >= 0.3 is 5.76 Å². The highest BCUT2D eigenvalue weighted by Gasteiger charge is 2.16. The molecule has 0 bridgehead atoms. The van der Waals surface area contributed by atoms with E-state index < -0.39 is 10.7 Å². The number of oxazole rings is 1. The molecule has 0 spiro atoms.